The van der Waals surface area contributed by atoms with Gasteiger partial charge in [0, 0.05) is 7.05 Å². The second-order valence-corrected chi connectivity index (χ2v) is 4.68. The Bertz CT molecular complexity index is 568. The third kappa shape index (κ3) is 2.08. The molecule has 2 aromatic rings. The molecule has 1 fully saturated rings. The number of hydrogen-bond donors (Lipinski definition) is 0. The molecule has 0 radical (unpaired) electrons. The Kier molecular flexibility index (Phi) is 2.95. The van der Waals surface area contributed by atoms with Crippen molar-refractivity contribution in [3.05, 3.63) is 71.8 Å². The largest absolute Gasteiger partial charge is 0.439 e. The van der Waals surface area contributed by atoms with Crippen LogP contribution in [0.15, 0.2) is 60.7 Å². The molecule has 0 bridgehead atoms. The first kappa shape index (κ1) is 11.8. The molecule has 19 heavy (non-hydrogen) atoms. The maximum absolute atomic E-state index is 11.8. The first-order valence-corrected chi connectivity index (χ1v) is 6.31. The van der Waals surface area contributed by atoms with Crippen LogP contribution in [-0.2, 0) is 4.74 Å². The molecule has 0 unspecified atom stereocenters. The van der Waals surface area contributed by atoms with Gasteiger partial charge >= 0.3 is 6.09 Å². The van der Waals surface area contributed by atoms with Crippen LogP contribution in [0.1, 0.15) is 23.3 Å². The molecule has 1 heterocycles. The number of nitrogens with zero attached hydrogens (tertiary/aromatic N) is 1. The summed E-state index contributed by atoms with van der Waals surface area (Å²) in [5.41, 5.74) is 2.11. The van der Waals surface area contributed by atoms with Gasteiger partial charge in [0.05, 0.1) is 0 Å². The summed E-state index contributed by atoms with van der Waals surface area (Å²) < 4.78 is 5.51. The fourth-order valence-corrected chi connectivity index (χ4v) is 2.51. The molecule has 0 saturated carbocycles. The molecule has 96 valence electrons. The third-order valence-electron chi connectivity index (χ3n) is 3.49. The van der Waals surface area contributed by atoms with Crippen molar-refractivity contribution in [2.45, 2.75) is 12.1 Å². The van der Waals surface area contributed by atoms with Crippen molar-refractivity contribution in [1.82, 2.24) is 4.90 Å². The van der Waals surface area contributed by atoms with E-state index in [1.165, 1.54) is 0 Å². The van der Waals surface area contributed by atoms with Gasteiger partial charge in [-0.3, -0.25) is 0 Å². The Hall–Kier alpha value is -2.29. The smallest absolute Gasteiger partial charge is 0.410 e. The van der Waals surface area contributed by atoms with Gasteiger partial charge in [-0.2, -0.15) is 0 Å². The predicted molar refractivity (Wildman–Crippen MR) is 72.6 cm³/mol. The Morgan fingerprint density at radius 3 is 2.00 bits per heavy atom. The summed E-state index contributed by atoms with van der Waals surface area (Å²) in [7, 11) is 1.78. The number of benzene rings is 2. The number of amides is 1. The molecule has 0 aromatic heterocycles. The lowest BCUT2D eigenvalue weighted by molar-refractivity contribution is 0.130. The second-order valence-electron chi connectivity index (χ2n) is 4.68. The Morgan fingerprint density at radius 1 is 0.895 bits per heavy atom. The molecule has 0 aliphatic carbocycles. The fraction of sp³-hybridized carbons (Fsp3) is 0.188. The third-order valence-corrected chi connectivity index (χ3v) is 3.49. The summed E-state index contributed by atoms with van der Waals surface area (Å²) in [5.74, 6) is 0. The maximum Gasteiger partial charge on any atom is 0.410 e. The minimum absolute atomic E-state index is 0.0731. The average Bonchev–Trinajstić information content (AvgIpc) is 2.77. The summed E-state index contributed by atoms with van der Waals surface area (Å²) in [6.07, 6.45) is -0.524. The lowest BCUT2D eigenvalue weighted by Crippen LogP contribution is -2.23. The van der Waals surface area contributed by atoms with Crippen molar-refractivity contribution in [3.63, 3.8) is 0 Å². The van der Waals surface area contributed by atoms with E-state index in [4.69, 9.17) is 4.74 Å². The van der Waals surface area contributed by atoms with Crippen LogP contribution in [0.5, 0.6) is 0 Å². The van der Waals surface area contributed by atoms with Gasteiger partial charge in [-0.05, 0) is 11.1 Å². The number of rotatable bonds is 2. The highest BCUT2D eigenvalue weighted by molar-refractivity contribution is 5.71. The summed E-state index contributed by atoms with van der Waals surface area (Å²) in [4.78, 5) is 13.5. The summed E-state index contributed by atoms with van der Waals surface area (Å²) in [5, 5.41) is 0. The number of carbonyl (C=O) groups excluding carboxylic acids is 1. The van der Waals surface area contributed by atoms with Crippen LogP contribution in [0.2, 0.25) is 0 Å². The molecule has 3 heteroatoms. The zero-order chi connectivity index (χ0) is 13.2. The normalized spacial score (nSPS) is 22.4. The Morgan fingerprint density at radius 2 is 1.42 bits per heavy atom. The zero-order valence-corrected chi connectivity index (χ0v) is 10.7. The van der Waals surface area contributed by atoms with Crippen molar-refractivity contribution in [1.29, 1.82) is 0 Å². The molecule has 3 nitrogen and oxygen atoms in total. The number of cyclic esters (lactones) is 1. The van der Waals surface area contributed by atoms with Crippen molar-refractivity contribution >= 4 is 6.09 Å². The molecular formula is C16H15NO2. The lowest BCUT2D eigenvalue weighted by Gasteiger charge is -2.22. The van der Waals surface area contributed by atoms with Crippen LogP contribution in [0.3, 0.4) is 0 Å². The molecule has 1 amide bonds. The first-order chi connectivity index (χ1) is 9.27. The highest BCUT2D eigenvalue weighted by atomic mass is 16.6. The molecular weight excluding hydrogens is 238 g/mol. The molecule has 2 atom stereocenters. The minimum Gasteiger partial charge on any atom is -0.439 e. The molecule has 0 N–H and O–H groups in total. The molecule has 2 aromatic carbocycles. The summed E-state index contributed by atoms with van der Waals surface area (Å²) in [6.45, 7) is 0. The standard InChI is InChI=1S/C16H15NO2/c1-17-14(12-8-4-2-5-9-12)15(19-16(17)18)13-10-6-3-7-11-13/h2-11,14-15H,1H3/t14-,15-/m1/s1. The van der Waals surface area contributed by atoms with Crippen LogP contribution < -0.4 is 0 Å². The number of hydrogen-bond acceptors (Lipinski definition) is 2. The predicted octanol–water partition coefficient (Wildman–Crippen LogP) is 3.55. The average molecular weight is 253 g/mol. The van der Waals surface area contributed by atoms with E-state index in [1.807, 2.05) is 60.7 Å². The maximum atomic E-state index is 11.8. The number of ether oxygens (including phenoxy) is 1. The molecule has 1 aliphatic rings. The van der Waals surface area contributed by atoms with Gasteiger partial charge in [-0.15, -0.1) is 0 Å². The fourth-order valence-electron chi connectivity index (χ4n) is 2.51. The van der Waals surface area contributed by atoms with Gasteiger partial charge < -0.3 is 9.64 Å². The lowest BCUT2D eigenvalue weighted by atomic mass is 9.96. The highest BCUT2D eigenvalue weighted by Crippen LogP contribution is 2.41. The van der Waals surface area contributed by atoms with Gasteiger partial charge in [-0.1, -0.05) is 60.7 Å². The van der Waals surface area contributed by atoms with Gasteiger partial charge in [0.15, 0.2) is 6.10 Å². The van der Waals surface area contributed by atoms with E-state index in [0.717, 1.165) is 11.1 Å². The molecule has 3 rings (SSSR count). The van der Waals surface area contributed by atoms with E-state index < -0.39 is 0 Å². The van der Waals surface area contributed by atoms with E-state index >= 15 is 0 Å². The second kappa shape index (κ2) is 4.76. The monoisotopic (exact) mass is 253 g/mol. The first-order valence-electron chi connectivity index (χ1n) is 6.31. The number of likely N-dealkylation sites (N-methyl/N-ethyl adjacent to an activating group) is 1. The summed E-state index contributed by atoms with van der Waals surface area (Å²) in [6, 6.07) is 19.8. The minimum atomic E-state index is -0.275. The van der Waals surface area contributed by atoms with Crippen LogP contribution >= 0.6 is 0 Å². The summed E-state index contributed by atoms with van der Waals surface area (Å²) >= 11 is 0. The molecule has 1 saturated heterocycles. The van der Waals surface area contributed by atoms with Gasteiger partial charge in [-0.25, -0.2) is 4.79 Å². The van der Waals surface area contributed by atoms with E-state index in [2.05, 4.69) is 0 Å². The van der Waals surface area contributed by atoms with Crippen LogP contribution in [0.25, 0.3) is 0 Å². The van der Waals surface area contributed by atoms with Crippen LogP contribution in [-0.4, -0.2) is 18.0 Å². The number of carbonyl (C=O) groups is 1. The van der Waals surface area contributed by atoms with E-state index in [-0.39, 0.29) is 18.2 Å². The van der Waals surface area contributed by atoms with E-state index in [9.17, 15) is 4.79 Å². The van der Waals surface area contributed by atoms with Crippen LogP contribution in [0, 0.1) is 0 Å². The van der Waals surface area contributed by atoms with Gasteiger partial charge in [0.2, 0.25) is 0 Å². The van der Waals surface area contributed by atoms with Crippen LogP contribution in [0.4, 0.5) is 4.79 Å². The Labute approximate surface area is 112 Å². The van der Waals surface area contributed by atoms with Crippen molar-refractivity contribution in [2.24, 2.45) is 0 Å². The van der Waals surface area contributed by atoms with Gasteiger partial charge in [0.1, 0.15) is 6.04 Å². The van der Waals surface area contributed by atoms with Crippen molar-refractivity contribution < 1.29 is 9.53 Å². The van der Waals surface area contributed by atoms with Crippen molar-refractivity contribution in [2.75, 3.05) is 7.05 Å². The van der Waals surface area contributed by atoms with E-state index in [0.29, 0.717) is 0 Å². The zero-order valence-electron chi connectivity index (χ0n) is 10.7. The van der Waals surface area contributed by atoms with Crippen molar-refractivity contribution in [3.8, 4) is 0 Å². The quantitative estimate of drug-likeness (QED) is 0.819. The van der Waals surface area contributed by atoms with E-state index in [1.54, 1.807) is 11.9 Å². The topological polar surface area (TPSA) is 29.5 Å². The Balaban J connectivity index is 2.01. The molecule has 0 spiro atoms. The molecule has 1 aliphatic heterocycles. The SMILES string of the molecule is CN1C(=O)O[C@H](c2ccccc2)[C@H]1c1ccccc1. The van der Waals surface area contributed by atoms with Gasteiger partial charge in [0.25, 0.3) is 0 Å². The highest BCUT2D eigenvalue weighted by Gasteiger charge is 2.41.